The Morgan fingerprint density at radius 2 is 2.06 bits per heavy atom. The van der Waals surface area contributed by atoms with Gasteiger partial charge in [-0.05, 0) is 12.0 Å². The SMILES string of the molecule is O=C(Cc1ccccc1)N1CCC12COC2. The molecule has 0 unspecified atom stereocenters. The molecular weight excluding hydrogens is 202 g/mol. The van der Waals surface area contributed by atoms with Gasteiger partial charge in [0, 0.05) is 6.54 Å². The monoisotopic (exact) mass is 217 g/mol. The van der Waals surface area contributed by atoms with Gasteiger partial charge in [0.05, 0.1) is 25.2 Å². The predicted molar refractivity (Wildman–Crippen MR) is 60.0 cm³/mol. The molecule has 1 amide bonds. The highest BCUT2D eigenvalue weighted by molar-refractivity contribution is 5.80. The Bertz CT molecular complexity index is 392. The van der Waals surface area contributed by atoms with Crippen molar-refractivity contribution in [1.29, 1.82) is 0 Å². The van der Waals surface area contributed by atoms with Crippen molar-refractivity contribution in [1.82, 2.24) is 4.90 Å². The first kappa shape index (κ1) is 9.85. The molecule has 1 spiro atoms. The number of likely N-dealkylation sites (tertiary alicyclic amines) is 1. The summed E-state index contributed by atoms with van der Waals surface area (Å²) in [7, 11) is 0. The first-order chi connectivity index (χ1) is 7.80. The summed E-state index contributed by atoms with van der Waals surface area (Å²) in [6.07, 6.45) is 1.62. The fourth-order valence-electron chi connectivity index (χ4n) is 2.43. The molecule has 16 heavy (non-hydrogen) atoms. The van der Waals surface area contributed by atoms with Gasteiger partial charge in [0.15, 0.2) is 0 Å². The van der Waals surface area contributed by atoms with E-state index >= 15 is 0 Å². The molecule has 3 rings (SSSR count). The van der Waals surface area contributed by atoms with Crippen molar-refractivity contribution in [2.45, 2.75) is 18.4 Å². The fourth-order valence-corrected chi connectivity index (χ4v) is 2.43. The van der Waals surface area contributed by atoms with E-state index in [1.165, 1.54) is 0 Å². The van der Waals surface area contributed by atoms with Crippen LogP contribution in [-0.4, -0.2) is 36.1 Å². The van der Waals surface area contributed by atoms with Crippen molar-refractivity contribution in [3.8, 4) is 0 Å². The van der Waals surface area contributed by atoms with E-state index in [1.807, 2.05) is 35.2 Å². The Kier molecular flexibility index (Phi) is 2.21. The lowest BCUT2D eigenvalue weighted by atomic mass is 9.82. The van der Waals surface area contributed by atoms with Gasteiger partial charge in [-0.1, -0.05) is 30.3 Å². The zero-order valence-corrected chi connectivity index (χ0v) is 9.19. The number of amides is 1. The summed E-state index contributed by atoms with van der Waals surface area (Å²) < 4.78 is 5.22. The fraction of sp³-hybridized carbons (Fsp3) is 0.462. The summed E-state index contributed by atoms with van der Waals surface area (Å²) in [6.45, 7) is 2.36. The van der Waals surface area contributed by atoms with Crippen LogP contribution < -0.4 is 0 Å². The van der Waals surface area contributed by atoms with E-state index in [0.717, 1.165) is 31.7 Å². The van der Waals surface area contributed by atoms with Crippen LogP contribution in [0.15, 0.2) is 30.3 Å². The minimum Gasteiger partial charge on any atom is -0.376 e. The van der Waals surface area contributed by atoms with Crippen LogP contribution in [0.25, 0.3) is 0 Å². The second-order valence-corrected chi connectivity index (χ2v) is 4.67. The maximum Gasteiger partial charge on any atom is 0.227 e. The number of hydrogen-bond acceptors (Lipinski definition) is 2. The number of benzene rings is 1. The third-order valence-corrected chi connectivity index (χ3v) is 3.61. The average Bonchev–Trinajstić information content (AvgIpc) is 2.14. The lowest BCUT2D eigenvalue weighted by molar-refractivity contribution is -0.199. The van der Waals surface area contributed by atoms with Crippen molar-refractivity contribution in [3.63, 3.8) is 0 Å². The molecule has 0 aliphatic carbocycles. The van der Waals surface area contributed by atoms with Gasteiger partial charge in [0.25, 0.3) is 0 Å². The summed E-state index contributed by atoms with van der Waals surface area (Å²) in [6, 6.07) is 9.92. The van der Waals surface area contributed by atoms with Gasteiger partial charge < -0.3 is 9.64 Å². The summed E-state index contributed by atoms with van der Waals surface area (Å²) >= 11 is 0. The highest BCUT2D eigenvalue weighted by atomic mass is 16.5. The lowest BCUT2D eigenvalue weighted by Gasteiger charge is -2.57. The van der Waals surface area contributed by atoms with Gasteiger partial charge in [0.2, 0.25) is 5.91 Å². The molecule has 2 fully saturated rings. The lowest BCUT2D eigenvalue weighted by Crippen LogP contribution is -2.72. The Hall–Kier alpha value is -1.35. The van der Waals surface area contributed by atoms with E-state index in [2.05, 4.69) is 0 Å². The Morgan fingerprint density at radius 3 is 2.56 bits per heavy atom. The maximum atomic E-state index is 12.1. The smallest absolute Gasteiger partial charge is 0.227 e. The number of ether oxygens (including phenoxy) is 1. The van der Waals surface area contributed by atoms with E-state index in [-0.39, 0.29) is 11.4 Å². The van der Waals surface area contributed by atoms with Gasteiger partial charge in [-0.3, -0.25) is 4.79 Å². The van der Waals surface area contributed by atoms with Gasteiger partial charge in [-0.25, -0.2) is 0 Å². The second kappa shape index (κ2) is 3.59. The van der Waals surface area contributed by atoms with Crippen LogP contribution in [0.4, 0.5) is 0 Å². The van der Waals surface area contributed by atoms with E-state index in [1.54, 1.807) is 0 Å². The van der Waals surface area contributed by atoms with E-state index < -0.39 is 0 Å². The topological polar surface area (TPSA) is 29.5 Å². The molecule has 2 heterocycles. The molecule has 0 saturated carbocycles. The van der Waals surface area contributed by atoms with Crippen molar-refractivity contribution in [3.05, 3.63) is 35.9 Å². The van der Waals surface area contributed by atoms with E-state index in [4.69, 9.17) is 4.74 Å². The number of carbonyl (C=O) groups excluding carboxylic acids is 1. The molecule has 0 bridgehead atoms. The normalized spacial score (nSPS) is 21.4. The third kappa shape index (κ3) is 1.43. The molecule has 0 aromatic heterocycles. The van der Waals surface area contributed by atoms with Crippen molar-refractivity contribution < 1.29 is 9.53 Å². The standard InChI is InChI=1S/C13H15NO2/c15-12(8-11-4-2-1-3-5-11)14-7-6-13(14)9-16-10-13/h1-5H,6-10H2. The molecule has 3 nitrogen and oxygen atoms in total. The van der Waals surface area contributed by atoms with Crippen LogP contribution in [0, 0.1) is 0 Å². The van der Waals surface area contributed by atoms with Crippen LogP contribution >= 0.6 is 0 Å². The Morgan fingerprint density at radius 1 is 1.31 bits per heavy atom. The van der Waals surface area contributed by atoms with E-state index in [0.29, 0.717) is 6.42 Å². The number of hydrogen-bond donors (Lipinski definition) is 0. The first-order valence-corrected chi connectivity index (χ1v) is 5.72. The third-order valence-electron chi connectivity index (χ3n) is 3.61. The molecule has 0 atom stereocenters. The quantitative estimate of drug-likeness (QED) is 0.745. The van der Waals surface area contributed by atoms with Crippen molar-refractivity contribution in [2.75, 3.05) is 19.8 Å². The molecule has 1 aromatic rings. The maximum absolute atomic E-state index is 12.1. The first-order valence-electron chi connectivity index (χ1n) is 5.72. The van der Waals surface area contributed by atoms with Crippen LogP contribution in [-0.2, 0) is 16.0 Å². The van der Waals surface area contributed by atoms with Crippen LogP contribution in [0.5, 0.6) is 0 Å². The number of rotatable bonds is 2. The minimum atomic E-state index is 0.0753. The molecule has 0 N–H and O–H groups in total. The van der Waals surface area contributed by atoms with E-state index in [9.17, 15) is 4.79 Å². The van der Waals surface area contributed by atoms with Gasteiger partial charge in [-0.2, -0.15) is 0 Å². The van der Waals surface area contributed by atoms with Crippen LogP contribution in [0.2, 0.25) is 0 Å². The van der Waals surface area contributed by atoms with Crippen molar-refractivity contribution in [2.24, 2.45) is 0 Å². The van der Waals surface area contributed by atoms with Gasteiger partial charge in [0.1, 0.15) is 0 Å². The van der Waals surface area contributed by atoms with Crippen molar-refractivity contribution >= 4 is 5.91 Å². The molecular formula is C13H15NO2. The number of carbonyl (C=O) groups is 1. The Labute approximate surface area is 95.0 Å². The molecule has 2 saturated heterocycles. The van der Waals surface area contributed by atoms with Gasteiger partial charge >= 0.3 is 0 Å². The average molecular weight is 217 g/mol. The highest BCUT2D eigenvalue weighted by Crippen LogP contribution is 2.37. The largest absolute Gasteiger partial charge is 0.376 e. The molecule has 1 aromatic carbocycles. The predicted octanol–water partition coefficient (Wildman–Crippen LogP) is 1.23. The zero-order chi connectivity index (χ0) is 11.0. The summed E-state index contributed by atoms with van der Waals surface area (Å²) in [5, 5.41) is 0. The van der Waals surface area contributed by atoms with Crippen LogP contribution in [0.1, 0.15) is 12.0 Å². The summed E-state index contributed by atoms with van der Waals surface area (Å²) in [5.41, 5.74) is 1.17. The Balaban J connectivity index is 1.66. The summed E-state index contributed by atoms with van der Waals surface area (Å²) in [5.74, 6) is 0.237. The molecule has 2 aliphatic heterocycles. The van der Waals surface area contributed by atoms with Gasteiger partial charge in [-0.15, -0.1) is 0 Å². The zero-order valence-electron chi connectivity index (χ0n) is 9.19. The molecule has 2 aliphatic rings. The number of nitrogens with zero attached hydrogens (tertiary/aromatic N) is 1. The second-order valence-electron chi connectivity index (χ2n) is 4.67. The molecule has 84 valence electrons. The minimum absolute atomic E-state index is 0.0753. The highest BCUT2D eigenvalue weighted by Gasteiger charge is 2.52. The van der Waals surface area contributed by atoms with Crippen LogP contribution in [0.3, 0.4) is 0 Å². The molecule has 3 heteroatoms. The summed E-state index contributed by atoms with van der Waals surface area (Å²) in [4.78, 5) is 14.1. The molecule has 0 radical (unpaired) electrons.